The molecule has 2 aromatic rings. The summed E-state index contributed by atoms with van der Waals surface area (Å²) in [5.74, 6) is 7.71. The van der Waals surface area contributed by atoms with Gasteiger partial charge in [0.25, 0.3) is 0 Å². The van der Waals surface area contributed by atoms with E-state index in [0.717, 1.165) is 22.6 Å². The third kappa shape index (κ3) is 3.79. The molecule has 2 aromatic carbocycles. The molecule has 0 saturated carbocycles. The van der Waals surface area contributed by atoms with Crippen LogP contribution in [0.4, 0.5) is 0 Å². The molecule has 4 heteroatoms. The topological polar surface area (TPSA) is 47.3 Å². The smallest absolute Gasteiger partial charge is 0.124 e. The van der Waals surface area contributed by atoms with Crippen LogP contribution in [0.1, 0.15) is 29.7 Å². The monoisotopic (exact) mass is 302 g/mol. The normalized spacial score (nSPS) is 12.2. The van der Waals surface area contributed by atoms with Gasteiger partial charge in [-0.15, -0.1) is 11.8 Å². The Morgan fingerprint density at radius 3 is 2.48 bits per heavy atom. The minimum atomic E-state index is -0.0828. The van der Waals surface area contributed by atoms with Gasteiger partial charge < -0.3 is 4.74 Å². The number of thioether (sulfide) groups is 1. The third-order valence-electron chi connectivity index (χ3n) is 3.39. The second kappa shape index (κ2) is 7.50. The number of nitrogens with one attached hydrogen (secondary N) is 1. The predicted molar refractivity (Wildman–Crippen MR) is 89.7 cm³/mol. The molecule has 0 bridgehead atoms. The molecule has 112 valence electrons. The summed E-state index contributed by atoms with van der Waals surface area (Å²) in [6.45, 7) is 4.22. The second-order valence-corrected chi connectivity index (χ2v) is 6.18. The van der Waals surface area contributed by atoms with Crippen LogP contribution in [0.15, 0.2) is 47.4 Å². The van der Waals surface area contributed by atoms with Crippen LogP contribution in [-0.4, -0.2) is 12.9 Å². The van der Waals surface area contributed by atoms with Crippen molar-refractivity contribution in [2.45, 2.75) is 24.8 Å². The number of hydrogen-bond donors (Lipinski definition) is 2. The van der Waals surface area contributed by atoms with Crippen molar-refractivity contribution in [3.63, 3.8) is 0 Å². The Hall–Kier alpha value is -1.49. The summed E-state index contributed by atoms with van der Waals surface area (Å²) in [7, 11) is 1.68. The van der Waals surface area contributed by atoms with E-state index in [2.05, 4.69) is 49.6 Å². The van der Waals surface area contributed by atoms with Gasteiger partial charge in [-0.2, -0.15) is 0 Å². The van der Waals surface area contributed by atoms with E-state index in [4.69, 9.17) is 10.6 Å². The number of rotatable bonds is 6. The van der Waals surface area contributed by atoms with Gasteiger partial charge in [0.1, 0.15) is 5.75 Å². The van der Waals surface area contributed by atoms with Crippen molar-refractivity contribution in [1.82, 2.24) is 5.43 Å². The minimum Gasteiger partial charge on any atom is -0.496 e. The van der Waals surface area contributed by atoms with E-state index in [-0.39, 0.29) is 6.04 Å². The number of aryl methyl sites for hydroxylation is 1. The van der Waals surface area contributed by atoms with Crippen molar-refractivity contribution < 1.29 is 4.74 Å². The Morgan fingerprint density at radius 1 is 1.19 bits per heavy atom. The molecule has 2 rings (SSSR count). The molecule has 0 fully saturated rings. The number of hydrogen-bond acceptors (Lipinski definition) is 4. The summed E-state index contributed by atoms with van der Waals surface area (Å²) in [6, 6.07) is 14.5. The molecule has 21 heavy (non-hydrogen) atoms. The van der Waals surface area contributed by atoms with E-state index in [1.807, 2.05) is 23.9 Å². The lowest BCUT2D eigenvalue weighted by Gasteiger charge is -2.20. The predicted octanol–water partition coefficient (Wildman–Crippen LogP) is 3.67. The van der Waals surface area contributed by atoms with Gasteiger partial charge in [0, 0.05) is 10.5 Å². The minimum absolute atomic E-state index is 0.0828. The first-order valence-electron chi connectivity index (χ1n) is 7.03. The molecular weight excluding hydrogens is 280 g/mol. The van der Waals surface area contributed by atoms with Gasteiger partial charge in [-0.1, -0.05) is 36.8 Å². The van der Waals surface area contributed by atoms with Gasteiger partial charge in [0.05, 0.1) is 13.2 Å². The van der Waals surface area contributed by atoms with Crippen molar-refractivity contribution in [3.05, 3.63) is 59.2 Å². The highest BCUT2D eigenvalue weighted by atomic mass is 32.2. The molecule has 0 saturated heterocycles. The summed E-state index contributed by atoms with van der Waals surface area (Å²) >= 11 is 1.83. The van der Waals surface area contributed by atoms with Crippen LogP contribution in [-0.2, 0) is 0 Å². The van der Waals surface area contributed by atoms with Gasteiger partial charge in [-0.25, -0.2) is 5.43 Å². The Kier molecular flexibility index (Phi) is 5.67. The molecule has 0 radical (unpaired) electrons. The standard InChI is InChI=1S/C17H22N2OS/c1-4-21-14-8-6-13(7-9-14)17(19-18)15-11-12(2)5-10-16(15)20-3/h5-11,17,19H,4,18H2,1-3H3. The highest BCUT2D eigenvalue weighted by Crippen LogP contribution is 2.31. The molecule has 1 atom stereocenters. The number of nitrogens with two attached hydrogens (primary N) is 1. The molecule has 0 spiro atoms. The number of hydrazine groups is 1. The van der Waals surface area contributed by atoms with Crippen LogP contribution in [0.2, 0.25) is 0 Å². The first-order valence-corrected chi connectivity index (χ1v) is 8.01. The van der Waals surface area contributed by atoms with E-state index in [9.17, 15) is 0 Å². The Bertz CT molecular complexity index is 584. The van der Waals surface area contributed by atoms with Crippen LogP contribution in [0, 0.1) is 6.92 Å². The Labute approximate surface area is 130 Å². The van der Waals surface area contributed by atoms with Crippen molar-refractivity contribution in [1.29, 1.82) is 0 Å². The van der Waals surface area contributed by atoms with Crippen molar-refractivity contribution >= 4 is 11.8 Å². The molecule has 3 N–H and O–H groups in total. The van der Waals surface area contributed by atoms with Gasteiger partial charge in [-0.05, 0) is 36.4 Å². The highest BCUT2D eigenvalue weighted by molar-refractivity contribution is 7.99. The summed E-state index contributed by atoms with van der Waals surface area (Å²) in [5.41, 5.74) is 6.26. The summed E-state index contributed by atoms with van der Waals surface area (Å²) in [6.07, 6.45) is 0. The molecular formula is C17H22N2OS. The van der Waals surface area contributed by atoms with Crippen LogP contribution < -0.4 is 16.0 Å². The number of benzene rings is 2. The van der Waals surface area contributed by atoms with E-state index in [1.54, 1.807) is 7.11 Å². The van der Waals surface area contributed by atoms with Gasteiger partial charge in [0.2, 0.25) is 0 Å². The Balaban J connectivity index is 2.37. The zero-order valence-corrected chi connectivity index (χ0v) is 13.5. The van der Waals surface area contributed by atoms with Gasteiger partial charge in [-0.3, -0.25) is 5.84 Å². The number of ether oxygens (including phenoxy) is 1. The fraction of sp³-hybridized carbons (Fsp3) is 0.294. The molecule has 0 aliphatic rings. The molecule has 1 unspecified atom stereocenters. The third-order valence-corrected chi connectivity index (χ3v) is 4.28. The first-order chi connectivity index (χ1) is 10.2. The van der Waals surface area contributed by atoms with Crippen LogP contribution in [0.25, 0.3) is 0 Å². The quantitative estimate of drug-likeness (QED) is 0.485. The largest absolute Gasteiger partial charge is 0.496 e. The maximum absolute atomic E-state index is 5.80. The van der Waals surface area contributed by atoms with E-state index in [0.29, 0.717) is 0 Å². The molecule has 0 aliphatic carbocycles. The lowest BCUT2D eigenvalue weighted by Crippen LogP contribution is -2.29. The Morgan fingerprint density at radius 2 is 1.90 bits per heavy atom. The van der Waals surface area contributed by atoms with Crippen molar-refractivity contribution in [2.75, 3.05) is 12.9 Å². The zero-order chi connectivity index (χ0) is 15.2. The zero-order valence-electron chi connectivity index (χ0n) is 12.7. The second-order valence-electron chi connectivity index (χ2n) is 4.85. The van der Waals surface area contributed by atoms with Gasteiger partial charge in [0.15, 0.2) is 0 Å². The molecule has 0 aliphatic heterocycles. The molecule has 0 amide bonds. The van der Waals surface area contributed by atoms with Crippen LogP contribution in [0.5, 0.6) is 5.75 Å². The molecule has 0 heterocycles. The molecule has 3 nitrogen and oxygen atoms in total. The summed E-state index contributed by atoms with van der Waals surface area (Å²) in [5, 5.41) is 0. The van der Waals surface area contributed by atoms with E-state index < -0.39 is 0 Å². The van der Waals surface area contributed by atoms with Crippen molar-refractivity contribution in [2.24, 2.45) is 5.84 Å². The number of methoxy groups -OCH3 is 1. The van der Waals surface area contributed by atoms with E-state index in [1.165, 1.54) is 10.5 Å². The highest BCUT2D eigenvalue weighted by Gasteiger charge is 2.17. The van der Waals surface area contributed by atoms with Crippen LogP contribution in [0.3, 0.4) is 0 Å². The van der Waals surface area contributed by atoms with Gasteiger partial charge >= 0.3 is 0 Å². The summed E-state index contributed by atoms with van der Waals surface area (Å²) in [4.78, 5) is 1.27. The van der Waals surface area contributed by atoms with Crippen molar-refractivity contribution in [3.8, 4) is 5.75 Å². The summed E-state index contributed by atoms with van der Waals surface area (Å²) < 4.78 is 5.47. The maximum atomic E-state index is 5.80. The fourth-order valence-electron chi connectivity index (χ4n) is 2.37. The fourth-order valence-corrected chi connectivity index (χ4v) is 3.03. The SMILES string of the molecule is CCSc1ccc(C(NN)c2cc(C)ccc2OC)cc1. The average molecular weight is 302 g/mol. The van der Waals surface area contributed by atoms with E-state index >= 15 is 0 Å². The lowest BCUT2D eigenvalue weighted by molar-refractivity contribution is 0.404. The molecule has 0 aromatic heterocycles. The average Bonchev–Trinajstić information content (AvgIpc) is 2.50. The lowest BCUT2D eigenvalue weighted by atomic mass is 9.97. The first kappa shape index (κ1) is 15.9. The van der Waals surface area contributed by atoms with Crippen LogP contribution >= 0.6 is 11.8 Å². The maximum Gasteiger partial charge on any atom is 0.124 e.